The summed E-state index contributed by atoms with van der Waals surface area (Å²) in [4.78, 5) is 12.5. The van der Waals surface area contributed by atoms with Crippen LogP contribution in [0.2, 0.25) is 0 Å². The lowest BCUT2D eigenvalue weighted by atomic mass is 10.1. The van der Waals surface area contributed by atoms with Crippen LogP contribution < -0.4 is 19.5 Å². The van der Waals surface area contributed by atoms with Gasteiger partial charge in [-0.05, 0) is 52.7 Å². The summed E-state index contributed by atoms with van der Waals surface area (Å²) >= 11 is 3.25. The smallest absolute Gasteiger partial charge is 0.255 e. The van der Waals surface area contributed by atoms with Crippen molar-refractivity contribution in [2.45, 2.75) is 6.92 Å². The number of nitrogens with one attached hydrogen (secondary N) is 1. The van der Waals surface area contributed by atoms with Gasteiger partial charge in [0.05, 0.1) is 25.8 Å². The molecule has 0 saturated heterocycles. The van der Waals surface area contributed by atoms with Crippen molar-refractivity contribution in [2.24, 2.45) is 0 Å². The second-order valence-electron chi connectivity index (χ2n) is 4.99. The molecule has 24 heavy (non-hydrogen) atoms. The summed E-state index contributed by atoms with van der Waals surface area (Å²) in [5.41, 5.74) is 1.55. The first kappa shape index (κ1) is 17.9. The molecule has 0 heterocycles. The summed E-state index contributed by atoms with van der Waals surface area (Å²) in [7, 11) is 4.47. The van der Waals surface area contributed by atoms with Gasteiger partial charge in [-0.15, -0.1) is 0 Å². The normalized spacial score (nSPS) is 10.2. The Morgan fingerprint density at radius 1 is 1.04 bits per heavy atom. The second kappa shape index (κ2) is 7.44. The minimum Gasteiger partial charge on any atom is -0.506 e. The average molecular weight is 396 g/mol. The Balaban J connectivity index is 2.36. The maximum absolute atomic E-state index is 12.5. The highest BCUT2D eigenvalue weighted by atomic mass is 79.9. The molecule has 2 N–H and O–H groups in total. The van der Waals surface area contributed by atoms with E-state index in [2.05, 4.69) is 21.2 Å². The van der Waals surface area contributed by atoms with E-state index in [9.17, 15) is 9.90 Å². The van der Waals surface area contributed by atoms with E-state index in [4.69, 9.17) is 14.2 Å². The van der Waals surface area contributed by atoms with Crippen molar-refractivity contribution in [3.63, 3.8) is 0 Å². The monoisotopic (exact) mass is 395 g/mol. The largest absolute Gasteiger partial charge is 0.506 e. The molecule has 0 aliphatic heterocycles. The van der Waals surface area contributed by atoms with Crippen molar-refractivity contribution in [3.05, 3.63) is 39.9 Å². The van der Waals surface area contributed by atoms with Crippen LogP contribution in [0.5, 0.6) is 23.0 Å². The third-order valence-corrected chi connectivity index (χ3v) is 4.04. The number of hydrogen-bond donors (Lipinski definition) is 2. The van der Waals surface area contributed by atoms with Gasteiger partial charge in [-0.25, -0.2) is 0 Å². The highest BCUT2D eigenvalue weighted by Gasteiger charge is 2.17. The fourth-order valence-corrected chi connectivity index (χ4v) is 2.78. The molecule has 7 heteroatoms. The number of halogens is 1. The number of carbonyl (C=O) groups is 1. The van der Waals surface area contributed by atoms with E-state index in [1.807, 2.05) is 0 Å². The number of carbonyl (C=O) groups excluding carboxylic acids is 1. The highest BCUT2D eigenvalue weighted by Crippen LogP contribution is 2.38. The molecule has 0 unspecified atom stereocenters. The summed E-state index contributed by atoms with van der Waals surface area (Å²) in [6.45, 7) is 1.75. The molecule has 6 nitrogen and oxygen atoms in total. The molecule has 128 valence electrons. The minimum absolute atomic E-state index is 0.140. The molecule has 0 spiro atoms. The lowest BCUT2D eigenvalue weighted by Gasteiger charge is -2.14. The number of amides is 1. The molecule has 2 aromatic rings. The van der Waals surface area contributed by atoms with E-state index in [0.29, 0.717) is 38.5 Å². The maximum Gasteiger partial charge on any atom is 0.255 e. The number of anilines is 1. The highest BCUT2D eigenvalue weighted by molar-refractivity contribution is 9.10. The van der Waals surface area contributed by atoms with Gasteiger partial charge < -0.3 is 24.6 Å². The zero-order valence-corrected chi connectivity index (χ0v) is 15.4. The van der Waals surface area contributed by atoms with Crippen LogP contribution in [0.25, 0.3) is 0 Å². The number of hydrogen-bond acceptors (Lipinski definition) is 5. The number of phenols is 1. The molecule has 0 saturated carbocycles. The average Bonchev–Trinajstić information content (AvgIpc) is 2.57. The number of benzene rings is 2. The molecule has 1 amide bonds. The van der Waals surface area contributed by atoms with Gasteiger partial charge in [0.25, 0.3) is 5.91 Å². The molecule has 0 aliphatic carbocycles. The number of aromatic hydroxyl groups is 1. The number of methoxy groups -OCH3 is 3. The van der Waals surface area contributed by atoms with E-state index in [1.54, 1.807) is 31.2 Å². The van der Waals surface area contributed by atoms with Crippen LogP contribution in [-0.4, -0.2) is 32.3 Å². The summed E-state index contributed by atoms with van der Waals surface area (Å²) in [5, 5.41) is 12.5. The van der Waals surface area contributed by atoms with Crippen molar-refractivity contribution >= 4 is 27.5 Å². The molecule has 0 radical (unpaired) electrons. The quantitative estimate of drug-likeness (QED) is 0.753. The molecular weight excluding hydrogens is 378 g/mol. The molecule has 0 bridgehead atoms. The van der Waals surface area contributed by atoms with Crippen LogP contribution in [0, 0.1) is 6.92 Å². The van der Waals surface area contributed by atoms with E-state index in [0.717, 1.165) is 0 Å². The Bertz CT molecular complexity index is 728. The Morgan fingerprint density at radius 3 is 2.08 bits per heavy atom. The van der Waals surface area contributed by atoms with Gasteiger partial charge in [-0.1, -0.05) is 0 Å². The van der Waals surface area contributed by atoms with Crippen LogP contribution >= 0.6 is 15.9 Å². The molecule has 2 rings (SSSR count). The fourth-order valence-electron chi connectivity index (χ4n) is 2.22. The van der Waals surface area contributed by atoms with Gasteiger partial charge in [0.15, 0.2) is 11.5 Å². The molecule has 0 atom stereocenters. The first-order chi connectivity index (χ1) is 11.4. The minimum atomic E-state index is -0.341. The van der Waals surface area contributed by atoms with Gasteiger partial charge in [0, 0.05) is 11.3 Å². The number of phenolic OH excluding ortho intramolecular Hbond substituents is 1. The van der Waals surface area contributed by atoms with E-state index in [1.165, 1.54) is 21.3 Å². The molecule has 0 aromatic heterocycles. The van der Waals surface area contributed by atoms with E-state index < -0.39 is 0 Å². The zero-order chi connectivity index (χ0) is 17.9. The Labute approximate surface area is 148 Å². The number of ether oxygens (including phenoxy) is 3. The van der Waals surface area contributed by atoms with Gasteiger partial charge in [-0.2, -0.15) is 0 Å². The van der Waals surface area contributed by atoms with Crippen molar-refractivity contribution in [2.75, 3.05) is 26.6 Å². The SMILES string of the molecule is COc1cc(C(=O)Nc2cc(C)c(O)c(Br)c2)cc(OC)c1OC. The number of aryl methyl sites for hydroxylation is 1. The van der Waals surface area contributed by atoms with Gasteiger partial charge in [0.2, 0.25) is 5.75 Å². The van der Waals surface area contributed by atoms with Crippen LogP contribution in [0.4, 0.5) is 5.69 Å². The fraction of sp³-hybridized carbons (Fsp3) is 0.235. The van der Waals surface area contributed by atoms with Crippen LogP contribution in [0.3, 0.4) is 0 Å². The van der Waals surface area contributed by atoms with Crippen molar-refractivity contribution in [1.82, 2.24) is 0 Å². The topological polar surface area (TPSA) is 77.0 Å². The van der Waals surface area contributed by atoms with Crippen molar-refractivity contribution in [1.29, 1.82) is 0 Å². The van der Waals surface area contributed by atoms with Crippen molar-refractivity contribution in [3.8, 4) is 23.0 Å². The predicted molar refractivity (Wildman–Crippen MR) is 94.6 cm³/mol. The third-order valence-electron chi connectivity index (χ3n) is 3.44. The molecule has 0 aliphatic rings. The third kappa shape index (κ3) is 3.56. The maximum atomic E-state index is 12.5. The van der Waals surface area contributed by atoms with E-state index in [-0.39, 0.29) is 11.7 Å². The Kier molecular flexibility index (Phi) is 5.56. The van der Waals surface area contributed by atoms with Gasteiger partial charge in [-0.3, -0.25) is 4.79 Å². The number of rotatable bonds is 5. The van der Waals surface area contributed by atoms with Gasteiger partial charge in [0.1, 0.15) is 5.75 Å². The Morgan fingerprint density at radius 2 is 1.62 bits per heavy atom. The summed E-state index contributed by atoms with van der Waals surface area (Å²) in [5.74, 6) is 1.00. The lowest BCUT2D eigenvalue weighted by molar-refractivity contribution is 0.102. The molecular formula is C17H18BrNO5. The van der Waals surface area contributed by atoms with Crippen LogP contribution in [-0.2, 0) is 0 Å². The van der Waals surface area contributed by atoms with Crippen LogP contribution in [0.15, 0.2) is 28.7 Å². The second-order valence-corrected chi connectivity index (χ2v) is 5.85. The predicted octanol–water partition coefficient (Wildman–Crippen LogP) is 3.74. The molecule has 0 fully saturated rings. The summed E-state index contributed by atoms with van der Waals surface area (Å²) in [6.07, 6.45) is 0. The standard InChI is InChI=1S/C17H18BrNO5/c1-9-5-11(8-12(18)15(9)20)19-17(21)10-6-13(22-2)16(24-4)14(7-10)23-3/h5-8,20H,1-4H3,(H,19,21). The van der Waals surface area contributed by atoms with Gasteiger partial charge >= 0.3 is 0 Å². The van der Waals surface area contributed by atoms with Crippen LogP contribution in [0.1, 0.15) is 15.9 Å². The first-order valence-electron chi connectivity index (χ1n) is 7.01. The first-order valence-corrected chi connectivity index (χ1v) is 7.81. The Hall–Kier alpha value is -2.41. The molecule has 2 aromatic carbocycles. The summed E-state index contributed by atoms with van der Waals surface area (Å²) < 4.78 is 16.2. The van der Waals surface area contributed by atoms with Crippen molar-refractivity contribution < 1.29 is 24.1 Å². The zero-order valence-electron chi connectivity index (χ0n) is 13.8. The van der Waals surface area contributed by atoms with E-state index >= 15 is 0 Å². The summed E-state index contributed by atoms with van der Waals surface area (Å²) in [6, 6.07) is 6.44. The lowest BCUT2D eigenvalue weighted by Crippen LogP contribution is -2.12.